The first-order chi connectivity index (χ1) is 13.6. The molecule has 4 rings (SSSR count). The number of nitrogens with one attached hydrogen (secondary N) is 1. The van der Waals surface area contributed by atoms with Gasteiger partial charge in [-0.25, -0.2) is 9.37 Å². The van der Waals surface area contributed by atoms with Crippen LogP contribution in [0.5, 0.6) is 0 Å². The minimum absolute atomic E-state index is 0.130. The molecule has 0 unspecified atom stereocenters. The van der Waals surface area contributed by atoms with Crippen LogP contribution in [-0.4, -0.2) is 56.4 Å². The van der Waals surface area contributed by atoms with E-state index in [0.717, 1.165) is 18.9 Å². The zero-order chi connectivity index (χ0) is 19.5. The summed E-state index contributed by atoms with van der Waals surface area (Å²) in [5, 5.41) is 0. The summed E-state index contributed by atoms with van der Waals surface area (Å²) in [6.07, 6.45) is 4.93. The van der Waals surface area contributed by atoms with Crippen molar-refractivity contribution in [3.05, 3.63) is 82.5 Å². The van der Waals surface area contributed by atoms with Gasteiger partial charge in [0.15, 0.2) is 0 Å². The summed E-state index contributed by atoms with van der Waals surface area (Å²) in [7, 11) is 0. The molecular formula is C20H20FN5O2. The average molecular weight is 381 g/mol. The van der Waals surface area contributed by atoms with Gasteiger partial charge in [-0.15, -0.1) is 0 Å². The molecule has 1 fully saturated rings. The molecule has 1 aromatic carbocycles. The number of carbonyl (C=O) groups is 1. The predicted molar refractivity (Wildman–Crippen MR) is 102 cm³/mol. The Morgan fingerprint density at radius 3 is 2.61 bits per heavy atom. The fourth-order valence-corrected chi connectivity index (χ4v) is 3.34. The van der Waals surface area contributed by atoms with Crippen LogP contribution < -0.4 is 5.56 Å². The molecule has 8 heteroatoms. The van der Waals surface area contributed by atoms with Gasteiger partial charge in [0.2, 0.25) is 0 Å². The number of amides is 1. The lowest BCUT2D eigenvalue weighted by Crippen LogP contribution is -2.48. The van der Waals surface area contributed by atoms with Gasteiger partial charge >= 0.3 is 0 Å². The largest absolute Gasteiger partial charge is 0.348 e. The van der Waals surface area contributed by atoms with Crippen molar-refractivity contribution in [3.63, 3.8) is 0 Å². The molecule has 1 N–H and O–H groups in total. The molecular weight excluding hydrogens is 361 g/mol. The molecule has 0 aliphatic carbocycles. The molecule has 1 saturated heterocycles. The van der Waals surface area contributed by atoms with E-state index in [0.29, 0.717) is 25.2 Å². The first kappa shape index (κ1) is 18.1. The van der Waals surface area contributed by atoms with E-state index in [-0.39, 0.29) is 17.2 Å². The maximum atomic E-state index is 14.1. The first-order valence-corrected chi connectivity index (χ1v) is 9.09. The Hall–Kier alpha value is -3.26. The summed E-state index contributed by atoms with van der Waals surface area (Å²) < 4.78 is 15.2. The lowest BCUT2D eigenvalue weighted by Gasteiger charge is -2.34. The monoisotopic (exact) mass is 381 g/mol. The van der Waals surface area contributed by atoms with Crippen molar-refractivity contribution in [2.45, 2.75) is 6.54 Å². The zero-order valence-electron chi connectivity index (χ0n) is 15.2. The lowest BCUT2D eigenvalue weighted by atomic mass is 10.2. The number of pyridine rings is 1. The molecule has 1 aliphatic heterocycles. The van der Waals surface area contributed by atoms with Gasteiger partial charge in [-0.2, -0.15) is 0 Å². The van der Waals surface area contributed by atoms with E-state index in [1.807, 2.05) is 0 Å². The molecule has 0 bridgehead atoms. The van der Waals surface area contributed by atoms with Crippen molar-refractivity contribution in [1.29, 1.82) is 0 Å². The van der Waals surface area contributed by atoms with Gasteiger partial charge < -0.3 is 9.88 Å². The minimum atomic E-state index is -0.513. The first-order valence-electron chi connectivity index (χ1n) is 9.09. The molecule has 0 spiro atoms. The number of nitrogens with zero attached hydrogens (tertiary/aromatic N) is 4. The van der Waals surface area contributed by atoms with Crippen molar-refractivity contribution < 1.29 is 9.18 Å². The maximum Gasteiger partial charge on any atom is 0.255 e. The zero-order valence-corrected chi connectivity index (χ0v) is 15.2. The second-order valence-electron chi connectivity index (χ2n) is 6.68. The standard InChI is InChI=1S/C20H20FN5O2/c21-16-3-1-2-4-17(16)26-13-15(5-6-19(26)27)20(28)25-11-9-24(10-12-25)14-18-22-7-8-23-18/h1-8,13H,9-12,14H2,(H,22,23). The van der Waals surface area contributed by atoms with Gasteiger partial charge in [0.25, 0.3) is 11.5 Å². The Morgan fingerprint density at radius 2 is 1.89 bits per heavy atom. The van der Waals surface area contributed by atoms with Gasteiger partial charge in [0.1, 0.15) is 11.6 Å². The minimum Gasteiger partial charge on any atom is -0.348 e. The molecule has 7 nitrogen and oxygen atoms in total. The van der Waals surface area contributed by atoms with E-state index >= 15 is 0 Å². The summed E-state index contributed by atoms with van der Waals surface area (Å²) in [5.74, 6) is 0.222. The average Bonchev–Trinajstić information content (AvgIpc) is 3.22. The molecule has 28 heavy (non-hydrogen) atoms. The number of H-pyrrole nitrogens is 1. The normalized spacial score (nSPS) is 15.0. The van der Waals surface area contributed by atoms with Gasteiger partial charge in [-0.1, -0.05) is 12.1 Å². The predicted octanol–water partition coefficient (Wildman–Crippen LogP) is 1.66. The van der Waals surface area contributed by atoms with Crippen molar-refractivity contribution in [1.82, 2.24) is 24.3 Å². The highest BCUT2D eigenvalue weighted by molar-refractivity contribution is 5.94. The van der Waals surface area contributed by atoms with Crippen LogP contribution in [-0.2, 0) is 6.54 Å². The Morgan fingerprint density at radius 1 is 1.11 bits per heavy atom. The number of piperazine rings is 1. The Balaban J connectivity index is 1.48. The van der Waals surface area contributed by atoms with Gasteiger partial charge in [-0.05, 0) is 18.2 Å². The van der Waals surface area contributed by atoms with Gasteiger partial charge in [0.05, 0.1) is 17.8 Å². The van der Waals surface area contributed by atoms with Gasteiger partial charge in [0, 0.05) is 50.8 Å². The van der Waals surface area contributed by atoms with Crippen LogP contribution in [0.1, 0.15) is 16.2 Å². The maximum absolute atomic E-state index is 14.1. The van der Waals surface area contributed by atoms with Crippen LogP contribution in [0.15, 0.2) is 59.8 Å². The third-order valence-corrected chi connectivity index (χ3v) is 4.86. The number of hydrogen-bond acceptors (Lipinski definition) is 4. The van der Waals surface area contributed by atoms with E-state index in [9.17, 15) is 14.0 Å². The van der Waals surface area contributed by atoms with Crippen LogP contribution in [0.25, 0.3) is 5.69 Å². The number of benzene rings is 1. The molecule has 1 aliphatic rings. The molecule has 2 aromatic heterocycles. The second-order valence-corrected chi connectivity index (χ2v) is 6.68. The number of imidazole rings is 1. The highest BCUT2D eigenvalue weighted by atomic mass is 19.1. The van der Waals surface area contributed by atoms with Crippen molar-refractivity contribution in [2.75, 3.05) is 26.2 Å². The van der Waals surface area contributed by atoms with Gasteiger partial charge in [-0.3, -0.25) is 19.1 Å². The molecule has 0 saturated carbocycles. The van der Waals surface area contributed by atoms with Crippen LogP contribution in [0.4, 0.5) is 4.39 Å². The van der Waals surface area contributed by atoms with E-state index in [1.165, 1.54) is 35.0 Å². The smallest absolute Gasteiger partial charge is 0.255 e. The molecule has 3 heterocycles. The Kier molecular flexibility index (Phi) is 5.03. The van der Waals surface area contributed by atoms with Crippen molar-refractivity contribution >= 4 is 5.91 Å². The van der Waals surface area contributed by atoms with Crippen molar-refractivity contribution in [2.24, 2.45) is 0 Å². The molecule has 3 aromatic rings. The molecule has 144 valence electrons. The summed E-state index contributed by atoms with van der Waals surface area (Å²) in [6.45, 7) is 3.35. The third kappa shape index (κ3) is 3.72. The molecule has 0 atom stereocenters. The topological polar surface area (TPSA) is 74.2 Å². The molecule has 0 radical (unpaired) electrons. The van der Waals surface area contributed by atoms with E-state index in [1.54, 1.807) is 29.4 Å². The number of hydrogen-bond donors (Lipinski definition) is 1. The van der Waals surface area contributed by atoms with E-state index in [4.69, 9.17) is 0 Å². The lowest BCUT2D eigenvalue weighted by molar-refractivity contribution is 0.0625. The highest BCUT2D eigenvalue weighted by Gasteiger charge is 2.23. The van der Waals surface area contributed by atoms with Crippen molar-refractivity contribution in [3.8, 4) is 5.69 Å². The summed E-state index contributed by atoms with van der Waals surface area (Å²) in [5.41, 5.74) is 0.109. The second kappa shape index (κ2) is 7.77. The SMILES string of the molecule is O=C(c1ccc(=O)n(-c2ccccc2F)c1)N1CCN(Cc2ncc[nH]2)CC1. The summed E-state index contributed by atoms with van der Waals surface area (Å²) in [4.78, 5) is 36.3. The molecule has 1 amide bonds. The number of rotatable bonds is 4. The van der Waals surface area contributed by atoms with Crippen LogP contribution >= 0.6 is 0 Å². The third-order valence-electron chi connectivity index (χ3n) is 4.86. The quantitative estimate of drug-likeness (QED) is 0.746. The Bertz CT molecular complexity index is 1020. The van der Waals surface area contributed by atoms with E-state index in [2.05, 4.69) is 14.9 Å². The highest BCUT2D eigenvalue weighted by Crippen LogP contribution is 2.14. The fraction of sp³-hybridized carbons (Fsp3) is 0.250. The fourth-order valence-electron chi connectivity index (χ4n) is 3.34. The van der Waals surface area contributed by atoms with E-state index < -0.39 is 5.82 Å². The number of halogens is 1. The summed E-state index contributed by atoms with van der Waals surface area (Å²) in [6, 6.07) is 8.80. The number of aromatic amines is 1. The number of para-hydroxylation sites is 1. The number of aromatic nitrogens is 3. The number of carbonyl (C=O) groups excluding carboxylic acids is 1. The summed E-state index contributed by atoms with van der Waals surface area (Å²) >= 11 is 0. The van der Waals surface area contributed by atoms with Crippen LogP contribution in [0.3, 0.4) is 0 Å². The van der Waals surface area contributed by atoms with Crippen LogP contribution in [0.2, 0.25) is 0 Å². The Labute approximate surface area is 161 Å². The van der Waals surface area contributed by atoms with Crippen LogP contribution in [0, 0.1) is 5.82 Å².